The van der Waals surface area contributed by atoms with Crippen LogP contribution in [-0.4, -0.2) is 67.1 Å². The van der Waals surface area contributed by atoms with Gasteiger partial charge in [0.15, 0.2) is 0 Å². The molecule has 7 rings (SSSR count). The van der Waals surface area contributed by atoms with Crippen molar-refractivity contribution < 1.29 is 9.59 Å². The second kappa shape index (κ2) is 9.52. The summed E-state index contributed by atoms with van der Waals surface area (Å²) in [6.45, 7) is 5.93. The first-order chi connectivity index (χ1) is 19.4. The average Bonchev–Trinajstić information content (AvgIpc) is 3.54. The highest BCUT2D eigenvalue weighted by atomic mass is 16.2. The van der Waals surface area contributed by atoms with Crippen molar-refractivity contribution in [1.29, 1.82) is 0 Å². The maximum absolute atomic E-state index is 13.1. The van der Waals surface area contributed by atoms with Crippen LogP contribution in [0, 0.1) is 12.3 Å². The summed E-state index contributed by atoms with van der Waals surface area (Å²) in [7, 11) is 0. The summed E-state index contributed by atoms with van der Waals surface area (Å²) in [4.78, 5) is 42.2. The van der Waals surface area contributed by atoms with E-state index in [1.165, 1.54) is 22.9 Å². The number of nitrogens with zero attached hydrogens (tertiary/aromatic N) is 6. The van der Waals surface area contributed by atoms with Crippen LogP contribution in [0.25, 0.3) is 16.9 Å². The number of likely N-dealkylation sites (tertiary alicyclic amines) is 2. The van der Waals surface area contributed by atoms with Crippen LogP contribution in [0.4, 0.5) is 0 Å². The average molecular weight is 536 g/mol. The van der Waals surface area contributed by atoms with Crippen LogP contribution >= 0.6 is 0 Å². The van der Waals surface area contributed by atoms with Crippen LogP contribution in [-0.2, 0) is 17.6 Å². The Morgan fingerprint density at radius 1 is 1.07 bits per heavy atom. The molecule has 2 aliphatic heterocycles. The third-order valence-electron chi connectivity index (χ3n) is 9.08. The van der Waals surface area contributed by atoms with Gasteiger partial charge in [0.2, 0.25) is 5.91 Å². The van der Waals surface area contributed by atoms with Crippen LogP contribution in [0.2, 0.25) is 0 Å². The fourth-order valence-corrected chi connectivity index (χ4v) is 6.81. The van der Waals surface area contributed by atoms with Crippen molar-refractivity contribution in [1.82, 2.24) is 29.2 Å². The smallest absolute Gasteiger partial charge is 0.268 e. The van der Waals surface area contributed by atoms with E-state index >= 15 is 0 Å². The number of hydrogen-bond donors (Lipinski definition) is 1. The standard InChI is InChI=1S/C31H33N7O2/c1-20-6-9-37-17-23(35-28(37)12-20)14-29(39)36-10-7-31(8-11-36)18-38(19-31)27-5-3-21-13-22(2-4-24(21)27)25-15-34-26(16-33-25)30(32)40/h2,4,6,9,12-13,15-17,27H,3,5,7-8,10-11,14,18-19H2,1H3,(H2,32,40). The molecule has 2 amide bonds. The first-order valence-corrected chi connectivity index (χ1v) is 14.1. The molecule has 3 aromatic heterocycles. The summed E-state index contributed by atoms with van der Waals surface area (Å²) in [6.07, 6.45) is 11.7. The molecule has 1 aliphatic carbocycles. The van der Waals surface area contributed by atoms with Gasteiger partial charge in [-0.25, -0.2) is 9.97 Å². The monoisotopic (exact) mass is 535 g/mol. The van der Waals surface area contributed by atoms with Gasteiger partial charge in [0.05, 0.1) is 30.2 Å². The van der Waals surface area contributed by atoms with Crippen molar-refractivity contribution in [2.45, 2.75) is 45.1 Å². The van der Waals surface area contributed by atoms with Crippen molar-refractivity contribution in [3.8, 4) is 11.3 Å². The second-order valence-electron chi connectivity index (χ2n) is 11.8. The SMILES string of the molecule is Cc1ccn2cc(CC(=O)N3CCC4(CC3)CN(C3CCc5cc(-c6cnc(C(N)=O)cn6)ccc53)C4)nc2c1. The topological polar surface area (TPSA) is 110 Å². The minimum atomic E-state index is -0.571. The van der Waals surface area contributed by atoms with Crippen molar-refractivity contribution in [3.63, 3.8) is 0 Å². The number of fused-ring (bicyclic) bond motifs is 2. The van der Waals surface area contributed by atoms with E-state index in [4.69, 9.17) is 5.73 Å². The van der Waals surface area contributed by atoms with Gasteiger partial charge in [0, 0.05) is 50.2 Å². The van der Waals surface area contributed by atoms with Gasteiger partial charge in [-0.15, -0.1) is 0 Å². The molecule has 5 heterocycles. The second-order valence-corrected chi connectivity index (χ2v) is 11.8. The lowest BCUT2D eigenvalue weighted by Crippen LogP contribution is -2.61. The van der Waals surface area contributed by atoms with Crippen molar-refractivity contribution in [2.75, 3.05) is 26.2 Å². The minimum Gasteiger partial charge on any atom is -0.364 e. The number of aryl methyl sites for hydroxylation is 2. The van der Waals surface area contributed by atoms with Crippen molar-refractivity contribution >= 4 is 17.5 Å². The number of pyridine rings is 1. The van der Waals surface area contributed by atoms with Crippen molar-refractivity contribution in [3.05, 3.63) is 83.2 Å². The third-order valence-corrected chi connectivity index (χ3v) is 9.08. The summed E-state index contributed by atoms with van der Waals surface area (Å²) in [6, 6.07) is 11.1. The quantitative estimate of drug-likeness (QED) is 0.420. The van der Waals surface area contributed by atoms with Crippen molar-refractivity contribution in [2.24, 2.45) is 11.1 Å². The number of piperidine rings is 1. The first-order valence-electron chi connectivity index (χ1n) is 14.1. The number of imidazole rings is 1. The minimum absolute atomic E-state index is 0.175. The maximum atomic E-state index is 13.1. The van der Waals surface area contributed by atoms with Gasteiger partial charge in [-0.2, -0.15) is 0 Å². The summed E-state index contributed by atoms with van der Waals surface area (Å²) in [5.74, 6) is -0.390. The largest absolute Gasteiger partial charge is 0.364 e. The molecule has 2 fully saturated rings. The Morgan fingerprint density at radius 2 is 1.90 bits per heavy atom. The fraction of sp³-hybridized carbons (Fsp3) is 0.387. The van der Waals surface area contributed by atoms with E-state index in [0.29, 0.717) is 17.9 Å². The Morgan fingerprint density at radius 3 is 2.65 bits per heavy atom. The van der Waals surface area contributed by atoms with Gasteiger partial charge in [-0.05, 0) is 72.9 Å². The van der Waals surface area contributed by atoms with Gasteiger partial charge < -0.3 is 15.0 Å². The van der Waals surface area contributed by atoms with E-state index in [1.807, 2.05) is 27.8 Å². The highest BCUT2D eigenvalue weighted by Gasteiger charge is 2.48. The zero-order valence-electron chi connectivity index (χ0n) is 22.7. The van der Waals surface area contributed by atoms with E-state index in [0.717, 1.165) is 74.5 Å². The van der Waals surface area contributed by atoms with E-state index < -0.39 is 5.91 Å². The Hall–Kier alpha value is -4.11. The molecule has 204 valence electrons. The summed E-state index contributed by atoms with van der Waals surface area (Å²) in [5, 5.41) is 0. The molecular weight excluding hydrogens is 502 g/mol. The summed E-state index contributed by atoms with van der Waals surface area (Å²) < 4.78 is 1.99. The highest BCUT2D eigenvalue weighted by molar-refractivity contribution is 5.90. The summed E-state index contributed by atoms with van der Waals surface area (Å²) >= 11 is 0. The number of aromatic nitrogens is 4. The van der Waals surface area contributed by atoms with E-state index in [2.05, 4.69) is 51.0 Å². The lowest BCUT2D eigenvalue weighted by molar-refractivity contribution is -0.136. The molecule has 2 saturated heterocycles. The van der Waals surface area contributed by atoms with Gasteiger partial charge in [0.1, 0.15) is 11.3 Å². The molecule has 9 heteroatoms. The molecule has 4 aromatic rings. The molecule has 2 N–H and O–H groups in total. The maximum Gasteiger partial charge on any atom is 0.268 e. The Balaban J connectivity index is 0.945. The third kappa shape index (κ3) is 4.44. The fourth-order valence-electron chi connectivity index (χ4n) is 6.81. The highest BCUT2D eigenvalue weighted by Crippen LogP contribution is 2.48. The zero-order valence-corrected chi connectivity index (χ0v) is 22.7. The molecule has 1 aromatic carbocycles. The Bertz CT molecular complexity index is 1610. The normalized spacial score (nSPS) is 20.0. The van der Waals surface area contributed by atoms with Gasteiger partial charge in [-0.1, -0.05) is 12.1 Å². The Kier molecular flexibility index (Phi) is 5.92. The van der Waals surface area contributed by atoms with E-state index in [1.54, 1.807) is 6.20 Å². The lowest BCUT2D eigenvalue weighted by Gasteiger charge is -2.56. The molecule has 0 radical (unpaired) electrons. The number of carbonyl (C=O) groups excluding carboxylic acids is 2. The molecule has 0 bridgehead atoms. The molecule has 1 atom stereocenters. The Labute approximate surface area is 233 Å². The molecule has 40 heavy (non-hydrogen) atoms. The molecule has 1 spiro atoms. The van der Waals surface area contributed by atoms with Crippen LogP contribution in [0.3, 0.4) is 0 Å². The van der Waals surface area contributed by atoms with Gasteiger partial charge >= 0.3 is 0 Å². The number of benzene rings is 1. The lowest BCUT2D eigenvalue weighted by atomic mass is 9.71. The predicted molar refractivity (Wildman–Crippen MR) is 151 cm³/mol. The first kappa shape index (κ1) is 24.9. The number of nitrogens with two attached hydrogens (primary N) is 1. The molecule has 9 nitrogen and oxygen atoms in total. The predicted octanol–water partition coefficient (Wildman–Crippen LogP) is 3.35. The molecular formula is C31H33N7O2. The number of carbonyl (C=O) groups is 2. The van der Waals surface area contributed by atoms with Crippen LogP contribution in [0.1, 0.15) is 58.2 Å². The number of hydrogen-bond acceptors (Lipinski definition) is 6. The van der Waals surface area contributed by atoms with Gasteiger partial charge in [-0.3, -0.25) is 19.5 Å². The number of amides is 2. The summed E-state index contributed by atoms with van der Waals surface area (Å²) in [5.41, 5.74) is 13.2. The molecule has 0 saturated carbocycles. The van der Waals surface area contributed by atoms with Crippen LogP contribution in [0.15, 0.2) is 55.1 Å². The zero-order chi connectivity index (χ0) is 27.4. The van der Waals surface area contributed by atoms with Crippen LogP contribution in [0.5, 0.6) is 0 Å². The van der Waals surface area contributed by atoms with E-state index in [9.17, 15) is 9.59 Å². The number of rotatable bonds is 5. The molecule has 1 unspecified atom stereocenters. The van der Waals surface area contributed by atoms with E-state index in [-0.39, 0.29) is 11.6 Å². The number of primary amides is 1. The van der Waals surface area contributed by atoms with Gasteiger partial charge in [0.25, 0.3) is 5.91 Å². The molecule has 3 aliphatic rings. The van der Waals surface area contributed by atoms with Crippen LogP contribution < -0.4 is 5.73 Å².